The molecular weight excluding hydrogens is 659 g/mol. The summed E-state index contributed by atoms with van der Waals surface area (Å²) in [6, 6.07) is 62.9. The molecular formula is C50H35N3O. The van der Waals surface area contributed by atoms with E-state index < -0.39 is 0 Å². The Morgan fingerprint density at radius 3 is 1.98 bits per heavy atom. The van der Waals surface area contributed by atoms with Crippen LogP contribution in [0.15, 0.2) is 180 Å². The van der Waals surface area contributed by atoms with Crippen molar-refractivity contribution >= 4 is 60.8 Å². The lowest BCUT2D eigenvalue weighted by Gasteiger charge is -2.26. The maximum atomic E-state index is 6.20. The highest BCUT2D eigenvalue weighted by molar-refractivity contribution is 6.07. The highest BCUT2D eigenvalue weighted by Gasteiger charge is 2.37. The van der Waals surface area contributed by atoms with E-state index >= 15 is 0 Å². The fourth-order valence-electron chi connectivity index (χ4n) is 8.67. The van der Waals surface area contributed by atoms with E-state index in [1.165, 1.54) is 33.0 Å². The zero-order valence-electron chi connectivity index (χ0n) is 30.0. The summed E-state index contributed by atoms with van der Waals surface area (Å²) >= 11 is 0. The first kappa shape index (κ1) is 30.7. The van der Waals surface area contributed by atoms with Crippen molar-refractivity contribution < 1.29 is 4.42 Å². The van der Waals surface area contributed by atoms with Crippen molar-refractivity contribution in [1.29, 1.82) is 0 Å². The van der Waals surface area contributed by atoms with Gasteiger partial charge < -0.3 is 9.32 Å². The van der Waals surface area contributed by atoms with Gasteiger partial charge in [-0.25, -0.2) is 4.98 Å². The molecule has 0 atom stereocenters. The van der Waals surface area contributed by atoms with Crippen LogP contribution in [0, 0.1) is 0 Å². The van der Waals surface area contributed by atoms with Crippen LogP contribution in [-0.2, 0) is 5.41 Å². The van der Waals surface area contributed by atoms with Crippen molar-refractivity contribution in [2.45, 2.75) is 19.3 Å². The number of nitrogens with zero attached hydrogens (tertiary/aromatic N) is 3. The van der Waals surface area contributed by atoms with Crippen LogP contribution in [0.25, 0.3) is 71.9 Å². The molecule has 0 unspecified atom stereocenters. The van der Waals surface area contributed by atoms with E-state index in [1.807, 2.05) is 12.1 Å². The lowest BCUT2D eigenvalue weighted by molar-refractivity contribution is 0.662. The van der Waals surface area contributed by atoms with Gasteiger partial charge >= 0.3 is 0 Å². The highest BCUT2D eigenvalue weighted by Crippen LogP contribution is 2.52. The number of para-hydroxylation sites is 3. The fraction of sp³-hybridized carbons (Fsp3) is 0.0600. The van der Waals surface area contributed by atoms with Gasteiger partial charge in [-0.05, 0) is 118 Å². The zero-order chi connectivity index (χ0) is 36.0. The van der Waals surface area contributed by atoms with E-state index in [-0.39, 0.29) is 5.41 Å². The van der Waals surface area contributed by atoms with Gasteiger partial charge in [-0.1, -0.05) is 105 Å². The Labute approximate surface area is 313 Å². The number of fused-ring (bicyclic) bond motifs is 8. The van der Waals surface area contributed by atoms with E-state index in [9.17, 15) is 0 Å². The first-order chi connectivity index (χ1) is 26.5. The normalized spacial score (nSPS) is 13.1. The number of anilines is 3. The first-order valence-corrected chi connectivity index (χ1v) is 18.5. The first-order valence-electron chi connectivity index (χ1n) is 18.5. The van der Waals surface area contributed by atoms with Gasteiger partial charge in [0.1, 0.15) is 17.0 Å². The van der Waals surface area contributed by atoms with Crippen LogP contribution in [0.2, 0.25) is 0 Å². The molecule has 0 radical (unpaired) electrons. The van der Waals surface area contributed by atoms with Gasteiger partial charge in [0, 0.05) is 44.5 Å². The Hall–Kier alpha value is -6.91. The summed E-state index contributed by atoms with van der Waals surface area (Å²) in [6.45, 7) is 4.70. The number of furan rings is 1. The molecule has 1 aliphatic rings. The van der Waals surface area contributed by atoms with Crippen molar-refractivity contribution in [2.75, 3.05) is 4.90 Å². The van der Waals surface area contributed by atoms with E-state index in [4.69, 9.17) is 9.40 Å². The van der Waals surface area contributed by atoms with Crippen LogP contribution < -0.4 is 4.90 Å². The minimum Gasteiger partial charge on any atom is -0.456 e. The Morgan fingerprint density at radius 1 is 0.519 bits per heavy atom. The molecule has 0 spiro atoms. The van der Waals surface area contributed by atoms with E-state index in [0.29, 0.717) is 0 Å². The predicted octanol–water partition coefficient (Wildman–Crippen LogP) is 13.5. The average molecular weight is 694 g/mol. The van der Waals surface area contributed by atoms with Gasteiger partial charge in [-0.2, -0.15) is 0 Å². The predicted molar refractivity (Wildman–Crippen MR) is 224 cm³/mol. The van der Waals surface area contributed by atoms with Crippen molar-refractivity contribution in [3.05, 3.63) is 187 Å². The van der Waals surface area contributed by atoms with Gasteiger partial charge in [0.15, 0.2) is 0 Å². The third kappa shape index (κ3) is 4.60. The van der Waals surface area contributed by atoms with Crippen LogP contribution in [0.3, 0.4) is 0 Å². The molecule has 2 heterocycles. The molecule has 0 fully saturated rings. The molecule has 54 heavy (non-hydrogen) atoms. The summed E-state index contributed by atoms with van der Waals surface area (Å²) < 4.78 is 8.52. The van der Waals surface area contributed by atoms with Crippen LogP contribution >= 0.6 is 0 Å². The van der Waals surface area contributed by atoms with Crippen molar-refractivity contribution in [3.8, 4) is 28.2 Å². The van der Waals surface area contributed by atoms with Gasteiger partial charge in [0.25, 0.3) is 0 Å². The van der Waals surface area contributed by atoms with Gasteiger partial charge in [-0.3, -0.25) is 4.57 Å². The topological polar surface area (TPSA) is 34.2 Å². The maximum absolute atomic E-state index is 6.20. The number of rotatable bonds is 5. The van der Waals surface area contributed by atoms with Gasteiger partial charge in [0.2, 0.25) is 0 Å². The SMILES string of the molecule is CC1(C)c2cc3ccc(N(c4ccccc4)c4ccc5oc6ccccc6c5c4)cc3cc2-c2cc3c(cc21)nc(-c1ccccc1)n3-c1ccccc1. The molecule has 0 aliphatic heterocycles. The quantitative estimate of drug-likeness (QED) is 0.180. The minimum absolute atomic E-state index is 0.186. The lowest BCUT2D eigenvalue weighted by atomic mass is 9.82. The second kappa shape index (κ2) is 11.5. The molecule has 0 saturated heterocycles. The molecule has 8 aromatic carbocycles. The third-order valence-corrected chi connectivity index (χ3v) is 11.3. The fourth-order valence-corrected chi connectivity index (χ4v) is 8.67. The average Bonchev–Trinajstić information content (AvgIpc) is 3.85. The number of imidazole rings is 1. The van der Waals surface area contributed by atoms with Crippen molar-refractivity contribution in [3.63, 3.8) is 0 Å². The molecule has 2 aromatic heterocycles. The second-order valence-corrected chi connectivity index (χ2v) is 14.9. The molecule has 1 aliphatic carbocycles. The molecule has 256 valence electrons. The van der Waals surface area contributed by atoms with Gasteiger partial charge in [-0.15, -0.1) is 0 Å². The number of hydrogen-bond donors (Lipinski definition) is 0. The van der Waals surface area contributed by atoms with E-state index in [2.05, 4.69) is 187 Å². The van der Waals surface area contributed by atoms with Crippen molar-refractivity contribution in [1.82, 2.24) is 9.55 Å². The Balaban J connectivity index is 1.10. The third-order valence-electron chi connectivity index (χ3n) is 11.3. The maximum Gasteiger partial charge on any atom is 0.145 e. The van der Waals surface area contributed by atoms with Crippen LogP contribution in [0.1, 0.15) is 25.0 Å². The minimum atomic E-state index is -0.186. The number of aromatic nitrogens is 2. The van der Waals surface area contributed by atoms with E-state index in [0.717, 1.165) is 67.1 Å². The summed E-state index contributed by atoms with van der Waals surface area (Å²) in [7, 11) is 0. The summed E-state index contributed by atoms with van der Waals surface area (Å²) in [5.74, 6) is 0.948. The number of hydrogen-bond acceptors (Lipinski definition) is 3. The van der Waals surface area contributed by atoms with Crippen LogP contribution in [-0.4, -0.2) is 9.55 Å². The Morgan fingerprint density at radius 2 is 1.17 bits per heavy atom. The largest absolute Gasteiger partial charge is 0.456 e. The van der Waals surface area contributed by atoms with E-state index in [1.54, 1.807) is 0 Å². The van der Waals surface area contributed by atoms with Gasteiger partial charge in [0.05, 0.1) is 11.0 Å². The van der Waals surface area contributed by atoms with Crippen LogP contribution in [0.5, 0.6) is 0 Å². The number of benzene rings is 8. The highest BCUT2D eigenvalue weighted by atomic mass is 16.3. The molecule has 0 saturated carbocycles. The monoisotopic (exact) mass is 693 g/mol. The van der Waals surface area contributed by atoms with Crippen molar-refractivity contribution in [2.24, 2.45) is 0 Å². The second-order valence-electron chi connectivity index (χ2n) is 14.9. The molecule has 0 N–H and O–H groups in total. The summed E-state index contributed by atoms with van der Waals surface area (Å²) in [4.78, 5) is 7.64. The Kier molecular flexibility index (Phi) is 6.56. The molecule has 4 nitrogen and oxygen atoms in total. The summed E-state index contributed by atoms with van der Waals surface area (Å²) in [5.41, 5.74) is 14.4. The zero-order valence-corrected chi connectivity index (χ0v) is 30.0. The molecule has 10 aromatic rings. The lowest BCUT2D eigenvalue weighted by Crippen LogP contribution is -2.15. The summed E-state index contributed by atoms with van der Waals surface area (Å²) in [5, 5.41) is 4.66. The van der Waals surface area contributed by atoms with Crippen LogP contribution in [0.4, 0.5) is 17.1 Å². The smallest absolute Gasteiger partial charge is 0.145 e. The Bertz CT molecular complexity index is 3070. The molecule has 4 heteroatoms. The molecule has 11 rings (SSSR count). The standard InChI is InChI=1S/C50H35N3O/c1-50(2)43-28-33-22-23-37(52(35-16-8-4-9-17-35)38-24-25-48-42(29-38)39-20-12-13-21-47(39)54-48)26-34(33)27-40(43)41-30-46-45(31-44(41)50)51-49(32-14-6-3-7-15-32)53(46)36-18-10-5-11-19-36/h3-31H,1-2H3. The summed E-state index contributed by atoms with van der Waals surface area (Å²) in [6.07, 6.45) is 0. The molecule has 0 bridgehead atoms. The molecule has 0 amide bonds.